The number of carbonyl (C=O) groups excluding carboxylic acids is 1. The third-order valence-corrected chi connectivity index (χ3v) is 6.67. The topological polar surface area (TPSA) is 50.2 Å². The first-order chi connectivity index (χ1) is 17.5. The van der Waals surface area contributed by atoms with E-state index in [1.54, 1.807) is 22.9 Å². The quantitative estimate of drug-likeness (QED) is 0.277. The van der Waals surface area contributed by atoms with Crippen LogP contribution in [0.25, 0.3) is 16.9 Å². The first-order valence-corrected chi connectivity index (χ1v) is 13.1. The summed E-state index contributed by atoms with van der Waals surface area (Å²) < 4.78 is 14.1. The van der Waals surface area contributed by atoms with Gasteiger partial charge in [0.2, 0.25) is 0 Å². The fraction of sp³-hybridized carbons (Fsp3) is 0.357. The second kappa shape index (κ2) is 12.4. The molecule has 0 unspecified atom stereocenters. The molecule has 1 aliphatic heterocycles. The van der Waals surface area contributed by atoms with Gasteiger partial charge in [-0.1, -0.05) is 60.5 Å². The largest absolute Gasteiger partial charge is 0.286 e. The lowest BCUT2D eigenvalue weighted by Crippen LogP contribution is -2.45. The van der Waals surface area contributed by atoms with Crippen LogP contribution in [0.3, 0.4) is 0 Å². The highest BCUT2D eigenvalue weighted by molar-refractivity contribution is 6.35. The van der Waals surface area contributed by atoms with Crippen molar-refractivity contribution in [1.29, 1.82) is 0 Å². The van der Waals surface area contributed by atoms with Crippen molar-refractivity contribution in [3.63, 3.8) is 0 Å². The molecule has 2 heterocycles. The molecule has 1 aliphatic rings. The fourth-order valence-corrected chi connectivity index (χ4v) is 4.81. The lowest BCUT2D eigenvalue weighted by atomic mass is 10.0. The number of halogens is 3. The molecule has 8 heteroatoms. The minimum absolute atomic E-state index is 0.228. The number of aromatic nitrogens is 2. The first-order valence-electron chi connectivity index (χ1n) is 12.3. The summed E-state index contributed by atoms with van der Waals surface area (Å²) in [5.41, 5.74) is 7.40. The van der Waals surface area contributed by atoms with E-state index in [1.807, 2.05) is 36.2 Å². The SMILES string of the molecule is CCc1c(C(=O)NN2CCCCC2)nn(-c2ccc(Cl)cc2Cl)c1-c1ccc(C#CCCCF)cc1. The van der Waals surface area contributed by atoms with Gasteiger partial charge < -0.3 is 0 Å². The zero-order valence-corrected chi connectivity index (χ0v) is 21.8. The Morgan fingerprint density at radius 1 is 1.11 bits per heavy atom. The van der Waals surface area contributed by atoms with Crippen LogP contribution < -0.4 is 5.43 Å². The number of rotatable bonds is 7. The summed E-state index contributed by atoms with van der Waals surface area (Å²) in [5.74, 6) is 5.84. The first kappa shape index (κ1) is 26.2. The fourth-order valence-electron chi connectivity index (χ4n) is 4.33. The summed E-state index contributed by atoms with van der Waals surface area (Å²) in [4.78, 5) is 13.4. The molecule has 1 N–H and O–H groups in total. The molecule has 4 rings (SSSR count). The molecule has 0 saturated carbocycles. The Kier molecular flexibility index (Phi) is 9.03. The molecular formula is C28H29Cl2FN4O. The van der Waals surface area contributed by atoms with Gasteiger partial charge in [0.25, 0.3) is 5.91 Å². The van der Waals surface area contributed by atoms with Crippen LogP contribution in [-0.4, -0.2) is 40.5 Å². The van der Waals surface area contributed by atoms with Crippen LogP contribution in [0.15, 0.2) is 42.5 Å². The second-order valence-corrected chi connectivity index (χ2v) is 9.54. The van der Waals surface area contributed by atoms with Gasteiger partial charge >= 0.3 is 0 Å². The van der Waals surface area contributed by atoms with Crippen LogP contribution in [0.1, 0.15) is 60.6 Å². The van der Waals surface area contributed by atoms with Crippen LogP contribution >= 0.6 is 23.2 Å². The maximum absolute atomic E-state index is 13.4. The van der Waals surface area contributed by atoms with Gasteiger partial charge in [-0.2, -0.15) is 5.10 Å². The summed E-state index contributed by atoms with van der Waals surface area (Å²) in [5, 5.41) is 7.69. The number of nitrogens with one attached hydrogen (secondary N) is 1. The second-order valence-electron chi connectivity index (χ2n) is 8.70. The molecule has 1 saturated heterocycles. The lowest BCUT2D eigenvalue weighted by molar-refractivity contribution is 0.0743. The molecule has 0 aliphatic carbocycles. The number of hydrogen-bond acceptors (Lipinski definition) is 3. The highest BCUT2D eigenvalue weighted by Gasteiger charge is 2.26. The molecule has 5 nitrogen and oxygen atoms in total. The smallest absolute Gasteiger partial charge is 0.283 e. The summed E-state index contributed by atoms with van der Waals surface area (Å²) >= 11 is 12.7. The number of unbranched alkanes of at least 4 members (excludes halogenated alkanes) is 1. The van der Waals surface area contributed by atoms with E-state index in [0.29, 0.717) is 40.7 Å². The number of hydrogen-bond donors (Lipinski definition) is 1. The lowest BCUT2D eigenvalue weighted by Gasteiger charge is -2.26. The van der Waals surface area contributed by atoms with Crippen molar-refractivity contribution in [3.8, 4) is 28.8 Å². The minimum Gasteiger partial charge on any atom is -0.283 e. The van der Waals surface area contributed by atoms with E-state index in [1.165, 1.54) is 6.42 Å². The molecule has 1 aromatic heterocycles. The van der Waals surface area contributed by atoms with E-state index in [9.17, 15) is 9.18 Å². The normalized spacial score (nSPS) is 13.8. The molecule has 36 heavy (non-hydrogen) atoms. The zero-order chi connectivity index (χ0) is 25.5. The van der Waals surface area contributed by atoms with E-state index in [4.69, 9.17) is 28.3 Å². The van der Waals surface area contributed by atoms with E-state index in [0.717, 1.165) is 48.3 Å². The Morgan fingerprint density at radius 3 is 2.53 bits per heavy atom. The minimum atomic E-state index is -0.363. The summed E-state index contributed by atoms with van der Waals surface area (Å²) in [7, 11) is 0. The van der Waals surface area contributed by atoms with Gasteiger partial charge in [-0.3, -0.25) is 14.6 Å². The van der Waals surface area contributed by atoms with Gasteiger partial charge in [-0.25, -0.2) is 9.69 Å². The van der Waals surface area contributed by atoms with Gasteiger partial charge in [-0.15, -0.1) is 0 Å². The van der Waals surface area contributed by atoms with Crippen LogP contribution in [0.2, 0.25) is 10.0 Å². The number of nitrogens with zero attached hydrogens (tertiary/aromatic N) is 3. The third-order valence-electron chi connectivity index (χ3n) is 6.13. The monoisotopic (exact) mass is 526 g/mol. The van der Waals surface area contributed by atoms with Crippen LogP contribution in [0, 0.1) is 11.8 Å². The molecule has 0 bridgehead atoms. The highest BCUT2D eigenvalue weighted by Crippen LogP contribution is 2.33. The van der Waals surface area contributed by atoms with E-state index in [2.05, 4.69) is 17.3 Å². The number of piperidine rings is 1. The number of hydrazine groups is 1. The molecular weight excluding hydrogens is 498 g/mol. The average Bonchev–Trinajstić information content (AvgIpc) is 3.27. The standard InChI is InChI=1S/C28H29Cl2FN4O/c1-2-23-26(28(36)33-34-17-7-4-8-18-34)32-35(25-15-14-22(29)19-24(25)30)27(23)21-12-10-20(11-13-21)9-5-3-6-16-31/h10-15,19H,2-4,6-8,16-18H2,1H3,(H,33,36). The predicted octanol–water partition coefficient (Wildman–Crippen LogP) is 6.64. The molecule has 188 valence electrons. The number of carbonyl (C=O) groups is 1. The van der Waals surface area contributed by atoms with Crippen molar-refractivity contribution >= 4 is 29.1 Å². The third kappa shape index (κ3) is 6.10. The molecule has 3 aromatic rings. The van der Waals surface area contributed by atoms with E-state index in [-0.39, 0.29) is 12.6 Å². The highest BCUT2D eigenvalue weighted by atomic mass is 35.5. The Bertz CT molecular complexity index is 1270. The summed E-state index contributed by atoms with van der Waals surface area (Å²) in [6.07, 6.45) is 4.86. The van der Waals surface area contributed by atoms with Gasteiger partial charge in [0.15, 0.2) is 5.69 Å². The van der Waals surface area contributed by atoms with Crippen LogP contribution in [0.5, 0.6) is 0 Å². The van der Waals surface area contributed by atoms with Gasteiger partial charge in [0.05, 0.1) is 23.1 Å². The van der Waals surface area contributed by atoms with Gasteiger partial charge in [0.1, 0.15) is 0 Å². The number of benzene rings is 2. The molecule has 1 fully saturated rings. The maximum Gasteiger partial charge on any atom is 0.286 e. The number of alkyl halides is 1. The van der Waals surface area contributed by atoms with Crippen LogP contribution in [-0.2, 0) is 6.42 Å². The van der Waals surface area contributed by atoms with Crippen LogP contribution in [0.4, 0.5) is 4.39 Å². The zero-order valence-electron chi connectivity index (χ0n) is 20.3. The molecule has 0 radical (unpaired) electrons. The summed E-state index contributed by atoms with van der Waals surface area (Å²) in [6.45, 7) is 3.31. The molecule has 0 atom stereocenters. The maximum atomic E-state index is 13.4. The Morgan fingerprint density at radius 2 is 1.86 bits per heavy atom. The summed E-state index contributed by atoms with van der Waals surface area (Å²) in [6, 6.07) is 13.0. The number of amides is 1. The van der Waals surface area contributed by atoms with Gasteiger partial charge in [0, 0.05) is 41.2 Å². The van der Waals surface area contributed by atoms with Crippen molar-refractivity contribution in [3.05, 3.63) is 69.3 Å². The van der Waals surface area contributed by atoms with Crippen molar-refractivity contribution in [2.45, 2.75) is 45.4 Å². The van der Waals surface area contributed by atoms with Gasteiger partial charge in [-0.05, 0) is 56.0 Å². The molecule has 0 spiro atoms. The Balaban J connectivity index is 1.76. The molecule has 2 aromatic carbocycles. The Labute approximate surface area is 221 Å². The van der Waals surface area contributed by atoms with E-state index < -0.39 is 0 Å². The average molecular weight is 527 g/mol. The Hall–Kier alpha value is -2.85. The van der Waals surface area contributed by atoms with E-state index >= 15 is 0 Å². The molecule has 1 amide bonds. The predicted molar refractivity (Wildman–Crippen MR) is 143 cm³/mol. The van der Waals surface area contributed by atoms with Crippen molar-refractivity contribution < 1.29 is 9.18 Å². The van der Waals surface area contributed by atoms with Crippen molar-refractivity contribution in [2.75, 3.05) is 19.8 Å². The van der Waals surface area contributed by atoms with Crippen molar-refractivity contribution in [2.24, 2.45) is 0 Å². The van der Waals surface area contributed by atoms with Crippen molar-refractivity contribution in [1.82, 2.24) is 20.2 Å².